The van der Waals surface area contributed by atoms with Gasteiger partial charge in [-0.15, -0.1) is 0 Å². The monoisotopic (exact) mass is 226 g/mol. The largest absolute Gasteiger partial charge is 0.384 e. The molecule has 0 aromatic carbocycles. The molecule has 1 saturated carbocycles. The third-order valence-electron chi connectivity index (χ3n) is 4.04. The van der Waals surface area contributed by atoms with Crippen molar-refractivity contribution in [3.8, 4) is 0 Å². The maximum atomic E-state index is 5.22. The Kier molecular flexibility index (Phi) is 4.22. The van der Waals surface area contributed by atoms with Gasteiger partial charge in [-0.2, -0.15) is 0 Å². The molecular weight excluding hydrogens is 200 g/mol. The third-order valence-corrected chi connectivity index (χ3v) is 4.04. The van der Waals surface area contributed by atoms with E-state index in [0.29, 0.717) is 11.5 Å². The predicted octanol–water partition coefficient (Wildman–Crippen LogP) is 1.49. The average Bonchev–Trinajstić information content (AvgIpc) is 2.66. The summed E-state index contributed by atoms with van der Waals surface area (Å²) in [5.74, 6) is 0.654. The van der Waals surface area contributed by atoms with Gasteiger partial charge in [-0.25, -0.2) is 0 Å². The zero-order valence-corrected chi connectivity index (χ0v) is 10.8. The number of piperazine rings is 1. The summed E-state index contributed by atoms with van der Waals surface area (Å²) in [5.41, 5.74) is 0.463. The van der Waals surface area contributed by atoms with E-state index < -0.39 is 0 Å². The third kappa shape index (κ3) is 2.96. The minimum atomic E-state index is 0.463. The van der Waals surface area contributed by atoms with Gasteiger partial charge >= 0.3 is 0 Å². The molecule has 1 unspecified atom stereocenters. The Hall–Kier alpha value is -0.120. The highest BCUT2D eigenvalue weighted by molar-refractivity contribution is 4.98. The van der Waals surface area contributed by atoms with Crippen molar-refractivity contribution in [1.29, 1.82) is 0 Å². The van der Waals surface area contributed by atoms with Gasteiger partial charge in [0, 0.05) is 45.4 Å². The number of hydrogen-bond acceptors (Lipinski definition) is 3. The van der Waals surface area contributed by atoms with Crippen molar-refractivity contribution in [1.82, 2.24) is 10.2 Å². The molecule has 0 bridgehead atoms. The van der Waals surface area contributed by atoms with E-state index in [0.717, 1.165) is 6.61 Å². The van der Waals surface area contributed by atoms with Gasteiger partial charge in [0.2, 0.25) is 0 Å². The molecule has 0 aromatic rings. The minimum absolute atomic E-state index is 0.463. The molecule has 1 heterocycles. The van der Waals surface area contributed by atoms with Gasteiger partial charge in [-0.3, -0.25) is 4.90 Å². The first-order valence-corrected chi connectivity index (χ1v) is 6.70. The summed E-state index contributed by atoms with van der Waals surface area (Å²) in [7, 11) is 1.80. The van der Waals surface area contributed by atoms with Gasteiger partial charge in [-0.1, -0.05) is 19.8 Å². The normalized spacial score (nSPS) is 27.4. The first-order chi connectivity index (χ1) is 7.74. The molecule has 1 aliphatic carbocycles. The maximum Gasteiger partial charge on any atom is 0.0500 e. The fraction of sp³-hybridized carbons (Fsp3) is 1.00. The lowest BCUT2D eigenvalue weighted by atomic mass is 9.94. The second-order valence-corrected chi connectivity index (χ2v) is 5.71. The number of rotatable bonds is 4. The van der Waals surface area contributed by atoms with E-state index in [2.05, 4.69) is 17.1 Å². The Balaban J connectivity index is 1.82. The smallest absolute Gasteiger partial charge is 0.0500 e. The van der Waals surface area contributed by atoms with Gasteiger partial charge in [0.1, 0.15) is 0 Å². The lowest BCUT2D eigenvalue weighted by molar-refractivity contribution is 0.0897. The summed E-state index contributed by atoms with van der Waals surface area (Å²) in [6, 6.07) is 0. The molecule has 1 atom stereocenters. The lowest BCUT2D eigenvalue weighted by Crippen LogP contribution is -2.59. The predicted molar refractivity (Wildman–Crippen MR) is 66.7 cm³/mol. The molecule has 3 nitrogen and oxygen atoms in total. The highest BCUT2D eigenvalue weighted by Gasteiger charge is 2.37. The molecule has 0 radical (unpaired) electrons. The molecule has 1 aliphatic heterocycles. The summed E-state index contributed by atoms with van der Waals surface area (Å²) in [4.78, 5) is 2.63. The topological polar surface area (TPSA) is 24.5 Å². The van der Waals surface area contributed by atoms with E-state index in [1.165, 1.54) is 51.9 Å². The number of ether oxygens (including phenoxy) is 1. The highest BCUT2D eigenvalue weighted by atomic mass is 16.5. The molecule has 2 rings (SSSR count). The summed E-state index contributed by atoms with van der Waals surface area (Å²) in [6.07, 6.45) is 5.58. The van der Waals surface area contributed by atoms with E-state index >= 15 is 0 Å². The standard InChI is InChI=1S/C13H26N2O/c1-12(10-16-2)9-15-8-7-14-13(11-15)5-3-4-6-13/h12,14H,3-11H2,1-2H3. The molecule has 94 valence electrons. The Labute approximate surface area is 99.5 Å². The van der Waals surface area contributed by atoms with Crippen LogP contribution in [0.2, 0.25) is 0 Å². The van der Waals surface area contributed by atoms with Crippen LogP contribution in [-0.2, 0) is 4.74 Å². The number of nitrogens with one attached hydrogen (secondary N) is 1. The molecular formula is C13H26N2O. The number of hydrogen-bond donors (Lipinski definition) is 1. The maximum absolute atomic E-state index is 5.22. The van der Waals surface area contributed by atoms with Crippen molar-refractivity contribution in [3.63, 3.8) is 0 Å². The first kappa shape index (κ1) is 12.3. The van der Waals surface area contributed by atoms with Crippen molar-refractivity contribution in [2.45, 2.75) is 38.1 Å². The van der Waals surface area contributed by atoms with Crippen molar-refractivity contribution in [2.24, 2.45) is 5.92 Å². The Bertz CT molecular complexity index is 214. The van der Waals surface area contributed by atoms with Crippen LogP contribution in [0.5, 0.6) is 0 Å². The summed E-state index contributed by atoms with van der Waals surface area (Å²) in [5, 5.41) is 3.76. The van der Waals surface area contributed by atoms with Crippen LogP contribution in [0, 0.1) is 5.92 Å². The van der Waals surface area contributed by atoms with Crippen molar-refractivity contribution < 1.29 is 4.74 Å². The SMILES string of the molecule is COCC(C)CN1CCNC2(CCCC2)C1. The van der Waals surface area contributed by atoms with Crippen molar-refractivity contribution in [2.75, 3.05) is 39.9 Å². The summed E-state index contributed by atoms with van der Waals surface area (Å²) >= 11 is 0. The number of methoxy groups -OCH3 is 1. The van der Waals surface area contributed by atoms with E-state index in [4.69, 9.17) is 4.74 Å². The summed E-state index contributed by atoms with van der Waals surface area (Å²) in [6.45, 7) is 7.98. The second-order valence-electron chi connectivity index (χ2n) is 5.71. The summed E-state index contributed by atoms with van der Waals surface area (Å²) < 4.78 is 5.22. The first-order valence-electron chi connectivity index (χ1n) is 6.70. The zero-order chi connectivity index (χ0) is 11.4. The lowest BCUT2D eigenvalue weighted by Gasteiger charge is -2.42. The van der Waals surface area contributed by atoms with Crippen LogP contribution in [0.25, 0.3) is 0 Å². The molecule has 1 spiro atoms. The van der Waals surface area contributed by atoms with Crippen LogP contribution in [0.1, 0.15) is 32.6 Å². The van der Waals surface area contributed by atoms with Crippen LogP contribution >= 0.6 is 0 Å². The van der Waals surface area contributed by atoms with E-state index in [9.17, 15) is 0 Å². The van der Waals surface area contributed by atoms with Crippen LogP contribution in [0.3, 0.4) is 0 Å². The van der Waals surface area contributed by atoms with Crippen molar-refractivity contribution in [3.05, 3.63) is 0 Å². The molecule has 3 heteroatoms. The van der Waals surface area contributed by atoms with E-state index in [1.54, 1.807) is 7.11 Å². The Morgan fingerprint density at radius 2 is 2.12 bits per heavy atom. The number of nitrogens with zero attached hydrogens (tertiary/aromatic N) is 1. The van der Waals surface area contributed by atoms with Gasteiger partial charge in [0.05, 0.1) is 0 Å². The van der Waals surface area contributed by atoms with Crippen LogP contribution in [0.15, 0.2) is 0 Å². The second kappa shape index (κ2) is 5.48. The molecule has 0 aromatic heterocycles. The zero-order valence-electron chi connectivity index (χ0n) is 10.8. The van der Waals surface area contributed by atoms with E-state index in [-0.39, 0.29) is 0 Å². The fourth-order valence-corrected chi connectivity index (χ4v) is 3.36. The van der Waals surface area contributed by atoms with Crippen LogP contribution < -0.4 is 5.32 Å². The molecule has 16 heavy (non-hydrogen) atoms. The van der Waals surface area contributed by atoms with Gasteiger partial charge in [0.15, 0.2) is 0 Å². The quantitative estimate of drug-likeness (QED) is 0.786. The van der Waals surface area contributed by atoms with Gasteiger partial charge < -0.3 is 10.1 Å². The van der Waals surface area contributed by atoms with Gasteiger partial charge in [0.25, 0.3) is 0 Å². The van der Waals surface area contributed by atoms with Gasteiger partial charge in [-0.05, 0) is 18.8 Å². The molecule has 0 amide bonds. The molecule has 2 aliphatic rings. The highest BCUT2D eigenvalue weighted by Crippen LogP contribution is 2.32. The minimum Gasteiger partial charge on any atom is -0.384 e. The Morgan fingerprint density at radius 3 is 2.81 bits per heavy atom. The molecule has 1 N–H and O–H groups in total. The van der Waals surface area contributed by atoms with Crippen LogP contribution in [0.4, 0.5) is 0 Å². The van der Waals surface area contributed by atoms with E-state index in [1.807, 2.05) is 0 Å². The van der Waals surface area contributed by atoms with Crippen LogP contribution in [-0.4, -0.2) is 50.3 Å². The Morgan fingerprint density at radius 1 is 1.38 bits per heavy atom. The fourth-order valence-electron chi connectivity index (χ4n) is 3.36. The molecule has 1 saturated heterocycles. The average molecular weight is 226 g/mol. The van der Waals surface area contributed by atoms with Crippen molar-refractivity contribution >= 4 is 0 Å². The molecule has 2 fully saturated rings.